The number of para-hydroxylation sites is 1. The van der Waals surface area contributed by atoms with Gasteiger partial charge in [0.1, 0.15) is 5.56 Å². The molecule has 0 radical (unpaired) electrons. The summed E-state index contributed by atoms with van der Waals surface area (Å²) in [4.78, 5) is 25.0. The van der Waals surface area contributed by atoms with E-state index in [2.05, 4.69) is 5.32 Å². The van der Waals surface area contributed by atoms with E-state index in [4.69, 9.17) is 4.74 Å². The Morgan fingerprint density at radius 3 is 3.14 bits per heavy atom. The van der Waals surface area contributed by atoms with E-state index in [1.165, 1.54) is 5.56 Å². The van der Waals surface area contributed by atoms with Gasteiger partial charge in [0.15, 0.2) is 0 Å². The van der Waals surface area contributed by atoms with Gasteiger partial charge in [0.05, 0.1) is 11.6 Å². The van der Waals surface area contributed by atoms with Crippen LogP contribution >= 0.6 is 0 Å². The average Bonchev–Trinajstić information content (AvgIpc) is 3.19. The monoisotopic (exact) mass is 298 g/mol. The summed E-state index contributed by atoms with van der Waals surface area (Å²) in [7, 11) is 0. The Bertz CT molecular complexity index is 803. The molecule has 2 aliphatic rings. The molecule has 0 saturated carbocycles. The molecule has 5 heteroatoms. The highest BCUT2D eigenvalue weighted by atomic mass is 16.5. The molecule has 1 aromatic heterocycles. The van der Waals surface area contributed by atoms with Crippen molar-refractivity contribution >= 4 is 16.8 Å². The van der Waals surface area contributed by atoms with E-state index in [-0.39, 0.29) is 23.0 Å². The molecule has 1 amide bonds. The van der Waals surface area contributed by atoms with Crippen molar-refractivity contribution in [3.05, 3.63) is 45.7 Å². The zero-order valence-electron chi connectivity index (χ0n) is 12.3. The smallest absolute Gasteiger partial charge is 0.256 e. The lowest BCUT2D eigenvalue weighted by Crippen LogP contribution is -2.35. The highest BCUT2D eigenvalue weighted by molar-refractivity contribution is 5.98. The van der Waals surface area contributed by atoms with Gasteiger partial charge in [0.25, 0.3) is 5.91 Å². The number of ether oxygens (including phenoxy) is 1. The van der Waals surface area contributed by atoms with E-state index >= 15 is 0 Å². The summed E-state index contributed by atoms with van der Waals surface area (Å²) in [6.07, 6.45) is 4.69. The van der Waals surface area contributed by atoms with Crippen LogP contribution in [0, 0.1) is 0 Å². The second kappa shape index (κ2) is 5.25. The first-order valence-electron chi connectivity index (χ1n) is 7.79. The van der Waals surface area contributed by atoms with Crippen LogP contribution < -0.4 is 10.7 Å². The molecular formula is C17H18N2O3. The zero-order valence-corrected chi connectivity index (χ0v) is 12.3. The van der Waals surface area contributed by atoms with Crippen LogP contribution in [-0.2, 0) is 17.7 Å². The van der Waals surface area contributed by atoms with Crippen LogP contribution in [0.2, 0.25) is 0 Å². The molecule has 1 N–H and O–H groups in total. The Morgan fingerprint density at radius 2 is 2.32 bits per heavy atom. The molecule has 0 bridgehead atoms. The van der Waals surface area contributed by atoms with Gasteiger partial charge in [-0.2, -0.15) is 0 Å². The van der Waals surface area contributed by atoms with Crippen molar-refractivity contribution < 1.29 is 9.53 Å². The third-order valence-electron chi connectivity index (χ3n) is 4.56. The molecule has 114 valence electrons. The van der Waals surface area contributed by atoms with Crippen molar-refractivity contribution in [2.45, 2.75) is 31.9 Å². The number of aryl methyl sites for hydroxylation is 2. The average molecular weight is 298 g/mol. The van der Waals surface area contributed by atoms with Gasteiger partial charge < -0.3 is 14.6 Å². The minimum Gasteiger partial charge on any atom is -0.376 e. The van der Waals surface area contributed by atoms with Gasteiger partial charge in [-0.15, -0.1) is 0 Å². The number of nitrogens with one attached hydrogen (secondary N) is 1. The summed E-state index contributed by atoms with van der Waals surface area (Å²) in [5.74, 6) is -0.302. The Balaban J connectivity index is 1.66. The van der Waals surface area contributed by atoms with E-state index in [9.17, 15) is 9.59 Å². The van der Waals surface area contributed by atoms with E-state index in [1.54, 1.807) is 12.3 Å². The van der Waals surface area contributed by atoms with Crippen molar-refractivity contribution in [2.24, 2.45) is 0 Å². The summed E-state index contributed by atoms with van der Waals surface area (Å²) in [6.45, 7) is 2.05. The number of aromatic nitrogens is 1. The maximum atomic E-state index is 12.6. The van der Waals surface area contributed by atoms with Crippen LogP contribution in [0.1, 0.15) is 28.8 Å². The van der Waals surface area contributed by atoms with Crippen molar-refractivity contribution in [2.75, 3.05) is 13.2 Å². The molecule has 5 nitrogen and oxygen atoms in total. The zero-order chi connectivity index (χ0) is 15.1. The van der Waals surface area contributed by atoms with Gasteiger partial charge in [0.2, 0.25) is 5.43 Å². The fourth-order valence-corrected chi connectivity index (χ4v) is 3.43. The minimum absolute atomic E-state index is 0.0777. The quantitative estimate of drug-likeness (QED) is 0.933. The maximum Gasteiger partial charge on any atom is 0.256 e. The van der Waals surface area contributed by atoms with Crippen LogP contribution in [0.15, 0.2) is 29.2 Å². The van der Waals surface area contributed by atoms with E-state index < -0.39 is 0 Å². The number of amides is 1. The predicted molar refractivity (Wildman–Crippen MR) is 83.2 cm³/mol. The molecule has 0 unspecified atom stereocenters. The van der Waals surface area contributed by atoms with Gasteiger partial charge >= 0.3 is 0 Å². The Hall–Kier alpha value is -2.14. The molecule has 22 heavy (non-hydrogen) atoms. The molecule has 4 rings (SSSR count). The molecule has 3 heterocycles. The first-order chi connectivity index (χ1) is 10.7. The summed E-state index contributed by atoms with van der Waals surface area (Å²) in [5.41, 5.74) is 2.20. The Kier molecular flexibility index (Phi) is 3.22. The van der Waals surface area contributed by atoms with Gasteiger partial charge in [-0.05, 0) is 30.9 Å². The van der Waals surface area contributed by atoms with Gasteiger partial charge in [-0.3, -0.25) is 9.59 Å². The maximum absolute atomic E-state index is 12.6. The number of pyridine rings is 1. The number of rotatable bonds is 3. The topological polar surface area (TPSA) is 60.3 Å². The largest absolute Gasteiger partial charge is 0.376 e. The molecule has 0 spiro atoms. The van der Waals surface area contributed by atoms with Gasteiger partial charge in [-0.25, -0.2) is 0 Å². The van der Waals surface area contributed by atoms with Crippen molar-refractivity contribution in [1.29, 1.82) is 0 Å². The highest BCUT2D eigenvalue weighted by Gasteiger charge is 2.21. The van der Waals surface area contributed by atoms with Crippen molar-refractivity contribution in [1.82, 2.24) is 9.88 Å². The summed E-state index contributed by atoms with van der Waals surface area (Å²) in [6, 6.07) is 5.74. The number of hydrogen-bond acceptors (Lipinski definition) is 3. The third-order valence-corrected chi connectivity index (χ3v) is 4.56. The third kappa shape index (κ3) is 2.13. The first-order valence-corrected chi connectivity index (χ1v) is 7.79. The van der Waals surface area contributed by atoms with Crippen LogP contribution in [0.5, 0.6) is 0 Å². The van der Waals surface area contributed by atoms with Crippen LogP contribution in [-0.4, -0.2) is 29.7 Å². The van der Waals surface area contributed by atoms with Gasteiger partial charge in [-0.1, -0.05) is 12.1 Å². The standard InChI is InChI=1S/C17H18N2O3/c20-16-13-5-1-3-11-6-7-19(15(11)13)10-14(16)17(21)18-9-12-4-2-8-22-12/h1,3,5,10,12H,2,4,6-9H2,(H,18,21)/t12-/m0/s1. The number of carbonyl (C=O) groups excluding carboxylic acids is 1. The second-order valence-corrected chi connectivity index (χ2v) is 5.97. The normalized spacial score (nSPS) is 19.7. The molecule has 1 atom stereocenters. The number of hydrogen-bond donors (Lipinski definition) is 1. The summed E-state index contributed by atoms with van der Waals surface area (Å²) in [5, 5.41) is 3.48. The Morgan fingerprint density at radius 1 is 1.41 bits per heavy atom. The Labute approximate surface area is 127 Å². The summed E-state index contributed by atoms with van der Waals surface area (Å²) >= 11 is 0. The fourth-order valence-electron chi connectivity index (χ4n) is 3.43. The predicted octanol–water partition coefficient (Wildman–Crippen LogP) is 1.47. The fraction of sp³-hybridized carbons (Fsp3) is 0.412. The minimum atomic E-state index is -0.302. The summed E-state index contributed by atoms with van der Waals surface area (Å²) < 4.78 is 7.52. The second-order valence-electron chi connectivity index (χ2n) is 5.97. The molecule has 0 aliphatic carbocycles. The number of carbonyl (C=O) groups is 1. The van der Waals surface area contributed by atoms with E-state index in [0.717, 1.165) is 37.9 Å². The van der Waals surface area contributed by atoms with Crippen molar-refractivity contribution in [3.63, 3.8) is 0 Å². The lowest BCUT2D eigenvalue weighted by Gasteiger charge is -2.12. The molecule has 1 saturated heterocycles. The molecule has 1 aromatic carbocycles. The van der Waals surface area contributed by atoms with Crippen LogP contribution in [0.4, 0.5) is 0 Å². The number of benzene rings is 1. The first kappa shape index (κ1) is 13.5. The molecule has 2 aromatic rings. The van der Waals surface area contributed by atoms with Crippen molar-refractivity contribution in [3.8, 4) is 0 Å². The molecule has 2 aliphatic heterocycles. The molecule has 1 fully saturated rings. The lowest BCUT2D eigenvalue weighted by atomic mass is 10.1. The van der Waals surface area contributed by atoms with E-state index in [0.29, 0.717) is 11.9 Å². The highest BCUT2D eigenvalue weighted by Crippen LogP contribution is 2.23. The number of nitrogens with zero attached hydrogens (tertiary/aromatic N) is 1. The SMILES string of the molecule is O=C(NC[C@@H]1CCCO1)c1cn2c3c(cccc3c1=O)CC2. The van der Waals surface area contributed by atoms with Crippen LogP contribution in [0.3, 0.4) is 0 Å². The molecular weight excluding hydrogens is 280 g/mol. The van der Waals surface area contributed by atoms with Crippen LogP contribution in [0.25, 0.3) is 10.9 Å². The lowest BCUT2D eigenvalue weighted by molar-refractivity contribution is 0.0856. The van der Waals surface area contributed by atoms with E-state index in [1.807, 2.05) is 16.7 Å². The van der Waals surface area contributed by atoms with Gasteiger partial charge in [0, 0.05) is 31.3 Å².